The molecule has 0 spiro atoms. The van der Waals surface area contributed by atoms with Gasteiger partial charge < -0.3 is 18.6 Å². The molecule has 0 aliphatic rings. The van der Waals surface area contributed by atoms with Gasteiger partial charge in [-0.3, -0.25) is 14.9 Å². The lowest BCUT2D eigenvalue weighted by Crippen LogP contribution is -2.08. The predicted molar refractivity (Wildman–Crippen MR) is 127 cm³/mol. The SMILES string of the molecule is COC(=O)c1c(C)c(C(=O)c2ccc([N+](=O)[O-])c(OC)c2)n2cc(OCc3ccccc3)ccc12. The predicted octanol–water partition coefficient (Wildman–Crippen LogP) is 4.76. The summed E-state index contributed by atoms with van der Waals surface area (Å²) in [7, 11) is 2.56. The van der Waals surface area contributed by atoms with E-state index < -0.39 is 16.7 Å². The first-order chi connectivity index (χ1) is 16.8. The first-order valence-electron chi connectivity index (χ1n) is 10.6. The molecule has 0 saturated heterocycles. The van der Waals surface area contributed by atoms with Crippen LogP contribution in [-0.4, -0.2) is 35.3 Å². The third-order valence-corrected chi connectivity index (χ3v) is 5.64. The van der Waals surface area contributed by atoms with Crippen LogP contribution >= 0.6 is 0 Å². The van der Waals surface area contributed by atoms with E-state index in [9.17, 15) is 19.7 Å². The van der Waals surface area contributed by atoms with Gasteiger partial charge in [0.15, 0.2) is 5.75 Å². The van der Waals surface area contributed by atoms with E-state index in [2.05, 4.69) is 0 Å². The molecular formula is C26H22N2O7. The van der Waals surface area contributed by atoms with Crippen molar-refractivity contribution in [2.45, 2.75) is 13.5 Å². The highest BCUT2D eigenvalue weighted by Gasteiger charge is 2.27. The van der Waals surface area contributed by atoms with Crippen LogP contribution in [0.1, 0.15) is 37.5 Å². The molecule has 0 amide bonds. The van der Waals surface area contributed by atoms with Gasteiger partial charge in [-0.25, -0.2) is 4.79 Å². The van der Waals surface area contributed by atoms with Crippen molar-refractivity contribution in [1.29, 1.82) is 0 Å². The fourth-order valence-corrected chi connectivity index (χ4v) is 3.93. The molecule has 2 aromatic heterocycles. The van der Waals surface area contributed by atoms with Crippen molar-refractivity contribution >= 4 is 23.0 Å². The maximum atomic E-state index is 13.6. The number of nitrogens with zero attached hydrogens (tertiary/aromatic N) is 2. The molecule has 0 radical (unpaired) electrons. The van der Waals surface area contributed by atoms with Crippen LogP contribution in [0.3, 0.4) is 0 Å². The van der Waals surface area contributed by atoms with Crippen LogP contribution in [0.2, 0.25) is 0 Å². The van der Waals surface area contributed by atoms with Gasteiger partial charge in [-0.2, -0.15) is 0 Å². The zero-order chi connectivity index (χ0) is 25.1. The van der Waals surface area contributed by atoms with Gasteiger partial charge in [-0.15, -0.1) is 0 Å². The number of ether oxygens (including phenoxy) is 3. The maximum absolute atomic E-state index is 13.6. The van der Waals surface area contributed by atoms with Crippen molar-refractivity contribution in [3.05, 3.63) is 105 Å². The molecule has 0 bridgehead atoms. The molecule has 0 saturated carbocycles. The average Bonchev–Trinajstić information content (AvgIpc) is 3.17. The van der Waals surface area contributed by atoms with Crippen molar-refractivity contribution in [3.8, 4) is 11.5 Å². The van der Waals surface area contributed by atoms with E-state index in [0.29, 0.717) is 23.4 Å². The lowest BCUT2D eigenvalue weighted by Gasteiger charge is -2.10. The van der Waals surface area contributed by atoms with E-state index in [1.54, 1.807) is 29.7 Å². The first-order valence-corrected chi connectivity index (χ1v) is 10.6. The number of methoxy groups -OCH3 is 2. The highest BCUT2D eigenvalue weighted by molar-refractivity contribution is 6.13. The Hall–Kier alpha value is -4.66. The molecule has 2 heterocycles. The smallest absolute Gasteiger partial charge is 0.340 e. The van der Waals surface area contributed by atoms with Gasteiger partial charge in [-0.05, 0) is 42.3 Å². The summed E-state index contributed by atoms with van der Waals surface area (Å²) in [5.74, 6) is -0.582. The number of nitro benzene ring substituents is 1. The molecule has 178 valence electrons. The van der Waals surface area contributed by atoms with Gasteiger partial charge in [0, 0.05) is 11.6 Å². The number of nitro groups is 1. The minimum absolute atomic E-state index is 0.0422. The molecular weight excluding hydrogens is 452 g/mol. The lowest BCUT2D eigenvalue weighted by molar-refractivity contribution is -0.385. The highest BCUT2D eigenvalue weighted by atomic mass is 16.6. The molecule has 0 aliphatic heterocycles. The number of carbonyl (C=O) groups is 2. The summed E-state index contributed by atoms with van der Waals surface area (Å²) >= 11 is 0. The van der Waals surface area contributed by atoms with E-state index in [1.807, 2.05) is 30.3 Å². The van der Waals surface area contributed by atoms with Crippen molar-refractivity contribution in [1.82, 2.24) is 4.40 Å². The highest BCUT2D eigenvalue weighted by Crippen LogP contribution is 2.32. The van der Waals surface area contributed by atoms with E-state index in [4.69, 9.17) is 14.2 Å². The second-order valence-electron chi connectivity index (χ2n) is 7.71. The molecule has 9 heteroatoms. The van der Waals surface area contributed by atoms with Gasteiger partial charge in [-0.1, -0.05) is 30.3 Å². The van der Waals surface area contributed by atoms with Gasteiger partial charge in [0.1, 0.15) is 12.4 Å². The number of aromatic nitrogens is 1. The van der Waals surface area contributed by atoms with Gasteiger partial charge >= 0.3 is 11.7 Å². The monoisotopic (exact) mass is 474 g/mol. The van der Waals surface area contributed by atoms with Crippen LogP contribution in [0.4, 0.5) is 5.69 Å². The number of hydrogen-bond donors (Lipinski definition) is 0. The Labute approximate surface area is 200 Å². The van der Waals surface area contributed by atoms with E-state index in [-0.39, 0.29) is 28.3 Å². The lowest BCUT2D eigenvalue weighted by atomic mass is 10.0. The quantitative estimate of drug-likeness (QED) is 0.157. The van der Waals surface area contributed by atoms with Crippen molar-refractivity contribution < 1.29 is 28.7 Å². The van der Waals surface area contributed by atoms with Crippen LogP contribution in [0, 0.1) is 17.0 Å². The molecule has 0 aliphatic carbocycles. The van der Waals surface area contributed by atoms with Crippen LogP contribution in [-0.2, 0) is 11.3 Å². The molecule has 9 nitrogen and oxygen atoms in total. The molecule has 0 atom stereocenters. The summed E-state index contributed by atoms with van der Waals surface area (Å²) in [6.07, 6.45) is 1.63. The Morgan fingerprint density at radius 3 is 2.43 bits per heavy atom. The minimum atomic E-state index is -0.587. The van der Waals surface area contributed by atoms with E-state index >= 15 is 0 Å². The second kappa shape index (κ2) is 9.68. The molecule has 0 N–H and O–H groups in total. The van der Waals surface area contributed by atoms with Crippen LogP contribution in [0.5, 0.6) is 11.5 Å². The molecule has 4 aromatic rings. The standard InChI is InChI=1S/C26H22N2O7/c1-16-23(26(30)34-3)21-12-10-19(35-15-17-7-5-4-6-8-17)14-27(21)24(16)25(29)18-9-11-20(28(31)32)22(13-18)33-2/h4-14H,15H2,1-3H3. The number of benzene rings is 2. The number of rotatable bonds is 8. The molecule has 4 rings (SSSR count). The number of ketones is 1. The maximum Gasteiger partial charge on any atom is 0.340 e. The van der Waals surface area contributed by atoms with Crippen LogP contribution in [0.15, 0.2) is 66.9 Å². The average molecular weight is 474 g/mol. The zero-order valence-electron chi connectivity index (χ0n) is 19.3. The topological polar surface area (TPSA) is 109 Å². The Morgan fingerprint density at radius 1 is 1.03 bits per heavy atom. The first kappa shape index (κ1) is 23.5. The van der Waals surface area contributed by atoms with Gasteiger partial charge in [0.25, 0.3) is 0 Å². The van der Waals surface area contributed by atoms with Gasteiger partial charge in [0.2, 0.25) is 5.78 Å². The largest absolute Gasteiger partial charge is 0.490 e. The van der Waals surface area contributed by atoms with Crippen molar-refractivity contribution in [3.63, 3.8) is 0 Å². The molecule has 2 aromatic carbocycles. The van der Waals surface area contributed by atoms with Crippen LogP contribution < -0.4 is 9.47 Å². The normalized spacial score (nSPS) is 10.7. The van der Waals surface area contributed by atoms with E-state index in [1.165, 1.54) is 32.4 Å². The van der Waals surface area contributed by atoms with Crippen LogP contribution in [0.25, 0.3) is 5.52 Å². The minimum Gasteiger partial charge on any atom is -0.490 e. The van der Waals surface area contributed by atoms with Gasteiger partial charge in [0.05, 0.1) is 42.1 Å². The fourth-order valence-electron chi connectivity index (χ4n) is 3.93. The number of hydrogen-bond acceptors (Lipinski definition) is 7. The summed E-state index contributed by atoms with van der Waals surface area (Å²) in [5.41, 5.74) is 2.23. The summed E-state index contributed by atoms with van der Waals surface area (Å²) in [5, 5.41) is 11.2. The summed E-state index contributed by atoms with van der Waals surface area (Å²) in [6, 6.07) is 16.9. The fraction of sp³-hybridized carbons (Fsp3) is 0.154. The second-order valence-corrected chi connectivity index (χ2v) is 7.71. The molecule has 0 fully saturated rings. The van der Waals surface area contributed by atoms with E-state index in [0.717, 1.165) is 5.56 Å². The Balaban J connectivity index is 1.82. The summed E-state index contributed by atoms with van der Waals surface area (Å²) in [6.45, 7) is 1.97. The van der Waals surface area contributed by atoms with Crippen molar-refractivity contribution in [2.75, 3.05) is 14.2 Å². The van der Waals surface area contributed by atoms with Crippen molar-refractivity contribution in [2.24, 2.45) is 0 Å². The summed E-state index contributed by atoms with van der Waals surface area (Å²) in [4.78, 5) is 36.8. The summed E-state index contributed by atoms with van der Waals surface area (Å²) < 4.78 is 17.6. The molecule has 0 unspecified atom stereocenters. The number of fused-ring (bicyclic) bond motifs is 1. The molecule has 35 heavy (non-hydrogen) atoms. The Kier molecular flexibility index (Phi) is 6.50. The number of pyridine rings is 1. The number of carbonyl (C=O) groups excluding carboxylic acids is 2. The zero-order valence-corrected chi connectivity index (χ0v) is 19.3. The Bertz CT molecular complexity index is 1440. The third kappa shape index (κ3) is 4.43. The Morgan fingerprint density at radius 2 is 1.77 bits per heavy atom. The third-order valence-electron chi connectivity index (χ3n) is 5.64. The number of esters is 1.